The van der Waals surface area contributed by atoms with Crippen molar-refractivity contribution in [1.29, 1.82) is 0 Å². The third-order valence-electron chi connectivity index (χ3n) is 4.81. The molecular formula is C19H27FN4O. The Kier molecular flexibility index (Phi) is 5.68. The van der Waals surface area contributed by atoms with Crippen molar-refractivity contribution in [2.24, 2.45) is 11.8 Å². The lowest BCUT2D eigenvalue weighted by Gasteiger charge is -2.27. The predicted octanol–water partition coefficient (Wildman–Crippen LogP) is 3.10. The van der Waals surface area contributed by atoms with Gasteiger partial charge < -0.3 is 15.6 Å². The first-order valence-electron chi connectivity index (χ1n) is 9.14. The zero-order valence-corrected chi connectivity index (χ0v) is 14.9. The van der Waals surface area contributed by atoms with Crippen LogP contribution in [0.1, 0.15) is 45.0 Å². The van der Waals surface area contributed by atoms with E-state index in [-0.39, 0.29) is 12.0 Å². The molecule has 0 radical (unpaired) electrons. The number of alkyl halides is 1. The number of nitrogens with zero attached hydrogens (tertiary/aromatic N) is 1. The fourth-order valence-electron chi connectivity index (χ4n) is 3.45. The van der Waals surface area contributed by atoms with E-state index in [0.29, 0.717) is 31.0 Å². The first kappa shape index (κ1) is 17.9. The number of aromatic amines is 1. The number of aromatic nitrogens is 2. The molecule has 5 nitrogen and oxygen atoms in total. The third kappa shape index (κ3) is 4.37. The fraction of sp³-hybridized carbons (Fsp3) is 0.579. The topological polar surface area (TPSA) is 69.8 Å². The minimum absolute atomic E-state index is 0.198. The number of amides is 1. The summed E-state index contributed by atoms with van der Waals surface area (Å²) in [6.45, 7) is 5.72. The molecule has 0 saturated carbocycles. The molecule has 1 fully saturated rings. The standard InChI is InChI=1S/C19H27FN4O/c1-12(2)11-16(18-22-14-5-3-4-6-15(14)23-18)24-19(25)17(20)13-7-9-21-10-8-13/h3-6,12-13,16-17,21H,7-11H2,1-2H3,(H,22,23)(H,24,25). The minimum atomic E-state index is -1.46. The van der Waals surface area contributed by atoms with E-state index in [2.05, 4.69) is 34.4 Å². The molecule has 25 heavy (non-hydrogen) atoms. The summed E-state index contributed by atoms with van der Waals surface area (Å²) in [6, 6.07) is 7.44. The average Bonchev–Trinajstić information content (AvgIpc) is 3.05. The van der Waals surface area contributed by atoms with Gasteiger partial charge in [-0.25, -0.2) is 9.37 Å². The van der Waals surface area contributed by atoms with Gasteiger partial charge in [0.1, 0.15) is 5.82 Å². The fourth-order valence-corrected chi connectivity index (χ4v) is 3.45. The van der Waals surface area contributed by atoms with Crippen molar-refractivity contribution < 1.29 is 9.18 Å². The number of hydrogen-bond donors (Lipinski definition) is 3. The van der Waals surface area contributed by atoms with Gasteiger partial charge in [0.2, 0.25) is 0 Å². The summed E-state index contributed by atoms with van der Waals surface area (Å²) < 4.78 is 14.6. The highest BCUT2D eigenvalue weighted by Crippen LogP contribution is 2.24. The number of H-pyrrole nitrogens is 1. The first-order chi connectivity index (χ1) is 12.0. The second kappa shape index (κ2) is 7.95. The predicted molar refractivity (Wildman–Crippen MR) is 96.9 cm³/mol. The van der Waals surface area contributed by atoms with Gasteiger partial charge in [0.15, 0.2) is 6.17 Å². The Morgan fingerprint density at radius 1 is 1.32 bits per heavy atom. The number of para-hydroxylation sites is 2. The van der Waals surface area contributed by atoms with Crippen molar-refractivity contribution in [3.63, 3.8) is 0 Å². The number of piperidine rings is 1. The Balaban J connectivity index is 1.74. The van der Waals surface area contributed by atoms with Crippen LogP contribution >= 0.6 is 0 Å². The summed E-state index contributed by atoms with van der Waals surface area (Å²) in [6.07, 6.45) is 0.660. The van der Waals surface area contributed by atoms with Crippen molar-refractivity contribution in [3.05, 3.63) is 30.1 Å². The number of nitrogens with one attached hydrogen (secondary N) is 3. The Hall–Kier alpha value is -1.95. The molecule has 6 heteroatoms. The lowest BCUT2D eigenvalue weighted by molar-refractivity contribution is -0.129. The second-order valence-corrected chi connectivity index (χ2v) is 7.32. The largest absolute Gasteiger partial charge is 0.344 e. The van der Waals surface area contributed by atoms with Crippen LogP contribution in [0, 0.1) is 11.8 Å². The van der Waals surface area contributed by atoms with Gasteiger partial charge in [-0.3, -0.25) is 4.79 Å². The Bertz CT molecular complexity index is 675. The summed E-state index contributed by atoms with van der Waals surface area (Å²) in [4.78, 5) is 20.3. The third-order valence-corrected chi connectivity index (χ3v) is 4.81. The average molecular weight is 346 g/mol. The van der Waals surface area contributed by atoms with Crippen LogP contribution in [-0.2, 0) is 4.79 Å². The minimum Gasteiger partial charge on any atom is -0.344 e. The van der Waals surface area contributed by atoms with Crippen molar-refractivity contribution in [1.82, 2.24) is 20.6 Å². The summed E-state index contributed by atoms with van der Waals surface area (Å²) in [5, 5.41) is 6.10. The SMILES string of the molecule is CC(C)CC(NC(=O)C(F)C1CCNCC1)c1nc2ccccc2[nH]1. The quantitative estimate of drug-likeness (QED) is 0.753. The molecule has 2 atom stereocenters. The molecule has 136 valence electrons. The number of imidazole rings is 1. The highest BCUT2D eigenvalue weighted by Gasteiger charge is 2.31. The lowest BCUT2D eigenvalue weighted by atomic mass is 9.92. The molecule has 1 saturated heterocycles. The second-order valence-electron chi connectivity index (χ2n) is 7.32. The first-order valence-corrected chi connectivity index (χ1v) is 9.14. The van der Waals surface area contributed by atoms with Crippen LogP contribution in [0.25, 0.3) is 11.0 Å². The molecule has 1 aliphatic rings. The van der Waals surface area contributed by atoms with E-state index in [9.17, 15) is 9.18 Å². The molecule has 2 unspecified atom stereocenters. The molecule has 2 heterocycles. The van der Waals surface area contributed by atoms with E-state index in [1.54, 1.807) is 0 Å². The van der Waals surface area contributed by atoms with Gasteiger partial charge >= 0.3 is 0 Å². The van der Waals surface area contributed by atoms with E-state index < -0.39 is 12.1 Å². The summed E-state index contributed by atoms with van der Waals surface area (Å²) in [5.74, 6) is 0.339. The normalized spacial score (nSPS) is 18.4. The van der Waals surface area contributed by atoms with Crippen molar-refractivity contribution in [3.8, 4) is 0 Å². The van der Waals surface area contributed by atoms with Gasteiger partial charge in [-0.1, -0.05) is 26.0 Å². The van der Waals surface area contributed by atoms with Crippen LogP contribution in [0.3, 0.4) is 0 Å². The van der Waals surface area contributed by atoms with E-state index in [1.807, 2.05) is 24.3 Å². The van der Waals surface area contributed by atoms with Crippen molar-refractivity contribution in [2.75, 3.05) is 13.1 Å². The molecule has 1 aromatic heterocycles. The van der Waals surface area contributed by atoms with Gasteiger partial charge in [0, 0.05) is 5.92 Å². The van der Waals surface area contributed by atoms with E-state index in [1.165, 1.54) is 0 Å². The summed E-state index contributed by atoms with van der Waals surface area (Å²) in [5.41, 5.74) is 1.78. The number of carbonyl (C=O) groups is 1. The molecule has 1 aromatic carbocycles. The van der Waals surface area contributed by atoms with Crippen LogP contribution in [0.5, 0.6) is 0 Å². The molecule has 1 aliphatic heterocycles. The van der Waals surface area contributed by atoms with Crippen molar-refractivity contribution >= 4 is 16.9 Å². The van der Waals surface area contributed by atoms with Crippen molar-refractivity contribution in [2.45, 2.75) is 45.3 Å². The Morgan fingerprint density at radius 2 is 2.04 bits per heavy atom. The Morgan fingerprint density at radius 3 is 2.72 bits per heavy atom. The number of benzene rings is 1. The maximum atomic E-state index is 14.6. The molecule has 0 aliphatic carbocycles. The van der Waals surface area contributed by atoms with E-state index >= 15 is 0 Å². The number of fused-ring (bicyclic) bond motifs is 1. The Labute approximate surface area is 147 Å². The van der Waals surface area contributed by atoms with E-state index in [0.717, 1.165) is 24.1 Å². The van der Waals surface area contributed by atoms with Gasteiger partial charge in [-0.15, -0.1) is 0 Å². The number of halogens is 1. The lowest BCUT2D eigenvalue weighted by Crippen LogP contribution is -2.42. The van der Waals surface area contributed by atoms with Crippen LogP contribution in [-0.4, -0.2) is 35.1 Å². The molecular weight excluding hydrogens is 319 g/mol. The molecule has 1 amide bonds. The molecule has 2 aromatic rings. The molecule has 0 bridgehead atoms. The molecule has 0 spiro atoms. The van der Waals surface area contributed by atoms with Crippen LogP contribution in [0.15, 0.2) is 24.3 Å². The zero-order chi connectivity index (χ0) is 17.8. The molecule has 3 N–H and O–H groups in total. The van der Waals surface area contributed by atoms with Gasteiger partial charge in [0.05, 0.1) is 17.1 Å². The van der Waals surface area contributed by atoms with Crippen LogP contribution < -0.4 is 10.6 Å². The maximum Gasteiger partial charge on any atom is 0.255 e. The summed E-state index contributed by atoms with van der Waals surface area (Å²) in [7, 11) is 0. The van der Waals surface area contributed by atoms with Gasteiger partial charge in [0.25, 0.3) is 5.91 Å². The monoisotopic (exact) mass is 346 g/mol. The summed E-state index contributed by atoms with van der Waals surface area (Å²) >= 11 is 0. The molecule has 3 rings (SSSR count). The highest BCUT2D eigenvalue weighted by atomic mass is 19.1. The smallest absolute Gasteiger partial charge is 0.255 e. The van der Waals surface area contributed by atoms with Crippen LogP contribution in [0.2, 0.25) is 0 Å². The zero-order valence-electron chi connectivity index (χ0n) is 14.9. The van der Waals surface area contributed by atoms with Crippen LogP contribution in [0.4, 0.5) is 4.39 Å². The number of carbonyl (C=O) groups excluding carboxylic acids is 1. The number of hydrogen-bond acceptors (Lipinski definition) is 3. The van der Waals surface area contributed by atoms with Gasteiger partial charge in [-0.05, 0) is 50.4 Å². The van der Waals surface area contributed by atoms with Gasteiger partial charge in [-0.2, -0.15) is 0 Å². The maximum absolute atomic E-state index is 14.6. The highest BCUT2D eigenvalue weighted by molar-refractivity contribution is 5.81. The number of rotatable bonds is 6. The van der Waals surface area contributed by atoms with E-state index in [4.69, 9.17) is 0 Å².